The number of rotatable bonds is 4. The molecule has 2 N–H and O–H groups in total. The standard InChI is InChI=1S/C13H25NO3/c1-9-5-10(2)7-11(6-9)17-8-13(3,14)12(15)16-4/h9-11H,5-8,14H2,1-4H3. The van der Waals surface area contributed by atoms with Gasteiger partial charge in [0, 0.05) is 0 Å². The summed E-state index contributed by atoms with van der Waals surface area (Å²) in [6.45, 7) is 6.36. The van der Waals surface area contributed by atoms with Crippen LogP contribution in [0.1, 0.15) is 40.0 Å². The lowest BCUT2D eigenvalue weighted by Gasteiger charge is -2.33. The van der Waals surface area contributed by atoms with Gasteiger partial charge in [-0.25, -0.2) is 4.79 Å². The number of carbonyl (C=O) groups is 1. The highest BCUT2D eigenvalue weighted by Gasteiger charge is 2.32. The van der Waals surface area contributed by atoms with Crippen molar-refractivity contribution in [3.05, 3.63) is 0 Å². The Labute approximate surface area is 104 Å². The summed E-state index contributed by atoms with van der Waals surface area (Å²) in [5.74, 6) is 0.950. The predicted molar refractivity (Wildman–Crippen MR) is 66.5 cm³/mol. The van der Waals surface area contributed by atoms with Crippen molar-refractivity contribution in [2.45, 2.75) is 51.7 Å². The maximum atomic E-state index is 11.4. The molecule has 0 spiro atoms. The summed E-state index contributed by atoms with van der Waals surface area (Å²) in [4.78, 5) is 11.4. The van der Waals surface area contributed by atoms with Gasteiger partial charge in [-0.05, 0) is 38.0 Å². The molecule has 0 amide bonds. The summed E-state index contributed by atoms with van der Waals surface area (Å²) in [5.41, 5.74) is 4.81. The number of esters is 1. The van der Waals surface area contributed by atoms with Gasteiger partial charge in [-0.3, -0.25) is 0 Å². The maximum Gasteiger partial charge on any atom is 0.327 e. The number of hydrogen-bond acceptors (Lipinski definition) is 4. The molecular weight excluding hydrogens is 218 g/mol. The first-order chi connectivity index (χ1) is 7.85. The van der Waals surface area contributed by atoms with Crippen LogP contribution in [-0.2, 0) is 14.3 Å². The Morgan fingerprint density at radius 3 is 2.29 bits per heavy atom. The molecule has 1 aliphatic carbocycles. The minimum Gasteiger partial charge on any atom is -0.468 e. The van der Waals surface area contributed by atoms with E-state index in [4.69, 9.17) is 10.5 Å². The van der Waals surface area contributed by atoms with Crippen LogP contribution in [0.3, 0.4) is 0 Å². The van der Waals surface area contributed by atoms with Crippen LogP contribution in [0.5, 0.6) is 0 Å². The molecule has 1 rings (SSSR count). The van der Waals surface area contributed by atoms with Crippen LogP contribution in [-0.4, -0.2) is 31.3 Å². The van der Waals surface area contributed by atoms with Crippen LogP contribution in [0.25, 0.3) is 0 Å². The first-order valence-electron chi connectivity index (χ1n) is 6.34. The zero-order chi connectivity index (χ0) is 13.1. The van der Waals surface area contributed by atoms with Crippen molar-refractivity contribution in [3.63, 3.8) is 0 Å². The number of hydrogen-bond donors (Lipinski definition) is 1. The molecule has 3 atom stereocenters. The summed E-state index contributed by atoms with van der Waals surface area (Å²) in [7, 11) is 1.35. The second-order valence-electron chi connectivity index (χ2n) is 5.76. The lowest BCUT2D eigenvalue weighted by Crippen LogP contribution is -2.50. The van der Waals surface area contributed by atoms with Crippen LogP contribution in [0, 0.1) is 11.8 Å². The van der Waals surface area contributed by atoms with E-state index in [0.29, 0.717) is 11.8 Å². The molecule has 17 heavy (non-hydrogen) atoms. The van der Waals surface area contributed by atoms with Gasteiger partial charge < -0.3 is 15.2 Å². The molecule has 100 valence electrons. The Kier molecular flexibility index (Phi) is 4.95. The van der Waals surface area contributed by atoms with Gasteiger partial charge in [0.2, 0.25) is 0 Å². The quantitative estimate of drug-likeness (QED) is 0.764. The van der Waals surface area contributed by atoms with E-state index in [9.17, 15) is 4.79 Å². The van der Waals surface area contributed by atoms with Crippen LogP contribution in [0.15, 0.2) is 0 Å². The number of carbonyl (C=O) groups excluding carboxylic acids is 1. The molecule has 1 saturated carbocycles. The largest absolute Gasteiger partial charge is 0.468 e. The second-order valence-corrected chi connectivity index (χ2v) is 5.76. The molecular formula is C13H25NO3. The monoisotopic (exact) mass is 243 g/mol. The van der Waals surface area contributed by atoms with E-state index in [1.807, 2.05) is 0 Å². The molecule has 0 radical (unpaired) electrons. The highest BCUT2D eigenvalue weighted by atomic mass is 16.5. The molecule has 0 aromatic heterocycles. The molecule has 1 fully saturated rings. The van der Waals surface area contributed by atoms with Gasteiger partial charge in [-0.15, -0.1) is 0 Å². The summed E-state index contributed by atoms with van der Waals surface area (Å²) in [6.07, 6.45) is 3.60. The van der Waals surface area contributed by atoms with Gasteiger partial charge in [-0.1, -0.05) is 13.8 Å². The molecule has 0 aliphatic heterocycles. The molecule has 0 aromatic rings. The molecule has 4 heteroatoms. The Morgan fingerprint density at radius 2 is 1.82 bits per heavy atom. The Morgan fingerprint density at radius 1 is 1.29 bits per heavy atom. The summed E-state index contributed by atoms with van der Waals surface area (Å²) >= 11 is 0. The SMILES string of the molecule is COC(=O)C(C)(N)COC1CC(C)CC(C)C1. The fourth-order valence-electron chi connectivity index (χ4n) is 2.59. The maximum absolute atomic E-state index is 11.4. The zero-order valence-electron chi connectivity index (χ0n) is 11.4. The van der Waals surface area contributed by atoms with Crippen LogP contribution in [0.4, 0.5) is 0 Å². The lowest BCUT2D eigenvalue weighted by molar-refractivity contribution is -0.150. The lowest BCUT2D eigenvalue weighted by atomic mass is 9.82. The first kappa shape index (κ1) is 14.5. The summed E-state index contributed by atoms with van der Waals surface area (Å²) in [5, 5.41) is 0. The number of nitrogens with two attached hydrogens (primary N) is 1. The van der Waals surface area contributed by atoms with E-state index in [1.54, 1.807) is 6.92 Å². The van der Waals surface area contributed by atoms with Crippen molar-refractivity contribution in [1.82, 2.24) is 0 Å². The normalized spacial score (nSPS) is 32.9. The second kappa shape index (κ2) is 5.83. The third-order valence-corrected chi connectivity index (χ3v) is 3.41. The van der Waals surface area contributed by atoms with Gasteiger partial charge in [0.1, 0.15) is 5.54 Å². The molecule has 3 unspecified atom stereocenters. The third kappa shape index (κ3) is 4.28. The van der Waals surface area contributed by atoms with E-state index in [1.165, 1.54) is 13.5 Å². The number of ether oxygens (including phenoxy) is 2. The Balaban J connectivity index is 2.42. The molecule has 0 heterocycles. The van der Waals surface area contributed by atoms with Crippen molar-refractivity contribution in [2.75, 3.05) is 13.7 Å². The topological polar surface area (TPSA) is 61.5 Å². The fraction of sp³-hybridized carbons (Fsp3) is 0.923. The Bertz CT molecular complexity index is 255. The molecule has 4 nitrogen and oxygen atoms in total. The average Bonchev–Trinajstić information content (AvgIpc) is 2.24. The van der Waals surface area contributed by atoms with E-state index >= 15 is 0 Å². The predicted octanol–water partition coefficient (Wildman–Crippen LogP) is 1.72. The van der Waals surface area contributed by atoms with E-state index in [2.05, 4.69) is 18.6 Å². The molecule has 1 aliphatic rings. The third-order valence-electron chi connectivity index (χ3n) is 3.41. The minimum absolute atomic E-state index is 0.223. The van der Waals surface area contributed by atoms with E-state index in [0.717, 1.165) is 12.8 Å². The van der Waals surface area contributed by atoms with Crippen molar-refractivity contribution in [1.29, 1.82) is 0 Å². The van der Waals surface area contributed by atoms with E-state index in [-0.39, 0.29) is 12.7 Å². The highest BCUT2D eigenvalue weighted by molar-refractivity contribution is 5.80. The molecule has 0 saturated heterocycles. The highest BCUT2D eigenvalue weighted by Crippen LogP contribution is 2.30. The van der Waals surface area contributed by atoms with Gasteiger partial charge >= 0.3 is 5.97 Å². The summed E-state index contributed by atoms with van der Waals surface area (Å²) in [6, 6.07) is 0. The number of methoxy groups -OCH3 is 1. The van der Waals surface area contributed by atoms with Crippen molar-refractivity contribution >= 4 is 5.97 Å². The van der Waals surface area contributed by atoms with Crippen molar-refractivity contribution in [3.8, 4) is 0 Å². The van der Waals surface area contributed by atoms with Crippen molar-refractivity contribution < 1.29 is 14.3 Å². The molecule has 0 aromatic carbocycles. The van der Waals surface area contributed by atoms with Gasteiger partial charge in [-0.2, -0.15) is 0 Å². The van der Waals surface area contributed by atoms with E-state index < -0.39 is 11.5 Å². The minimum atomic E-state index is -1.04. The van der Waals surface area contributed by atoms with Gasteiger partial charge in [0.15, 0.2) is 0 Å². The van der Waals surface area contributed by atoms with Gasteiger partial charge in [0.25, 0.3) is 0 Å². The van der Waals surface area contributed by atoms with Crippen LogP contribution in [0.2, 0.25) is 0 Å². The summed E-state index contributed by atoms with van der Waals surface area (Å²) < 4.78 is 10.4. The van der Waals surface area contributed by atoms with Crippen LogP contribution < -0.4 is 5.73 Å². The zero-order valence-corrected chi connectivity index (χ0v) is 11.4. The Hall–Kier alpha value is -0.610. The van der Waals surface area contributed by atoms with Crippen LogP contribution >= 0.6 is 0 Å². The smallest absolute Gasteiger partial charge is 0.327 e. The average molecular weight is 243 g/mol. The first-order valence-corrected chi connectivity index (χ1v) is 6.34. The molecule has 0 bridgehead atoms. The van der Waals surface area contributed by atoms with Gasteiger partial charge in [0.05, 0.1) is 19.8 Å². The van der Waals surface area contributed by atoms with Crippen molar-refractivity contribution in [2.24, 2.45) is 17.6 Å². The fourth-order valence-corrected chi connectivity index (χ4v) is 2.59.